The summed E-state index contributed by atoms with van der Waals surface area (Å²) < 4.78 is 12.6. The number of aromatic nitrogens is 3. The second-order valence-corrected chi connectivity index (χ2v) is 10.2. The highest BCUT2D eigenvalue weighted by atomic mass is 16.6. The molecule has 2 amide bonds. The lowest BCUT2D eigenvalue weighted by atomic mass is 9.93. The number of nitrogens with zero attached hydrogens (tertiary/aromatic N) is 4. The van der Waals surface area contributed by atoms with Gasteiger partial charge in [0.25, 0.3) is 11.5 Å². The van der Waals surface area contributed by atoms with E-state index < -0.39 is 5.60 Å². The van der Waals surface area contributed by atoms with Crippen LogP contribution in [0, 0.1) is 0 Å². The van der Waals surface area contributed by atoms with Crippen molar-refractivity contribution in [2.75, 3.05) is 39.4 Å². The number of carbonyl (C=O) groups excluding carboxylic acids is 2. The molecule has 0 bridgehead atoms. The summed E-state index contributed by atoms with van der Waals surface area (Å²) in [5.74, 6) is -0.0445. The van der Waals surface area contributed by atoms with Crippen LogP contribution in [0.3, 0.4) is 0 Å². The number of carbonyl (C=O) groups is 2. The van der Waals surface area contributed by atoms with Crippen molar-refractivity contribution in [3.05, 3.63) is 45.9 Å². The van der Waals surface area contributed by atoms with Crippen LogP contribution in [0.25, 0.3) is 16.6 Å². The Balaban J connectivity index is 1.47. The van der Waals surface area contributed by atoms with E-state index in [1.165, 1.54) is 0 Å². The number of aromatic amines is 1. The SMILES string of the molecule is CC(C)(C)OC(=O)N1CCC(c2cc(=O)[nH]c3c4c(C(=O)N5CCOCC5)cccc4nn23)CC1. The van der Waals surface area contributed by atoms with Crippen LogP contribution in [-0.2, 0) is 9.47 Å². The van der Waals surface area contributed by atoms with Crippen molar-refractivity contribution in [3.63, 3.8) is 0 Å². The van der Waals surface area contributed by atoms with Gasteiger partial charge in [-0.25, -0.2) is 9.31 Å². The molecular weight excluding hydrogens is 450 g/mol. The number of likely N-dealkylation sites (tertiary alicyclic amines) is 1. The maximum Gasteiger partial charge on any atom is 0.410 e. The van der Waals surface area contributed by atoms with Crippen molar-refractivity contribution >= 4 is 28.6 Å². The van der Waals surface area contributed by atoms with Crippen molar-refractivity contribution in [3.8, 4) is 0 Å². The number of H-pyrrole nitrogens is 1. The fraction of sp³-hybridized carbons (Fsp3) is 0.520. The van der Waals surface area contributed by atoms with Gasteiger partial charge >= 0.3 is 6.09 Å². The normalized spacial score (nSPS) is 17.8. The number of rotatable bonds is 2. The summed E-state index contributed by atoms with van der Waals surface area (Å²) in [7, 11) is 0. The molecule has 10 heteroatoms. The number of hydrogen-bond donors (Lipinski definition) is 1. The number of fused-ring (bicyclic) bond motifs is 3. The second kappa shape index (κ2) is 8.99. The Morgan fingerprint density at radius 2 is 1.80 bits per heavy atom. The van der Waals surface area contributed by atoms with Crippen molar-refractivity contribution in [2.45, 2.75) is 45.1 Å². The third kappa shape index (κ3) is 4.62. The Labute approximate surface area is 202 Å². The second-order valence-electron chi connectivity index (χ2n) is 10.2. The molecule has 0 saturated carbocycles. The van der Waals surface area contributed by atoms with Crippen molar-refractivity contribution in [2.24, 2.45) is 0 Å². The van der Waals surface area contributed by atoms with Gasteiger partial charge in [0.05, 0.1) is 35.4 Å². The van der Waals surface area contributed by atoms with Gasteiger partial charge in [0.1, 0.15) is 11.2 Å². The maximum atomic E-state index is 13.3. The van der Waals surface area contributed by atoms with Crippen LogP contribution in [0.1, 0.15) is 55.6 Å². The van der Waals surface area contributed by atoms with Gasteiger partial charge < -0.3 is 24.3 Å². The molecule has 0 spiro atoms. The van der Waals surface area contributed by atoms with Crippen molar-refractivity contribution in [1.29, 1.82) is 0 Å². The lowest BCUT2D eigenvalue weighted by molar-refractivity contribution is 0.0203. The van der Waals surface area contributed by atoms with Gasteiger partial charge in [0, 0.05) is 38.2 Å². The highest BCUT2D eigenvalue weighted by Gasteiger charge is 2.30. The number of morpholine rings is 1. The molecule has 10 nitrogen and oxygen atoms in total. The van der Waals surface area contributed by atoms with Crippen LogP contribution in [0.2, 0.25) is 0 Å². The van der Waals surface area contributed by atoms with E-state index in [9.17, 15) is 14.4 Å². The molecule has 186 valence electrons. The Bertz CT molecular complexity index is 1320. The summed E-state index contributed by atoms with van der Waals surface area (Å²) in [6.45, 7) is 8.73. The molecule has 2 aromatic heterocycles. The molecule has 0 atom stereocenters. The standard InChI is InChI=1S/C25H31N5O5/c1-25(2,3)35-24(33)29-9-7-16(8-10-29)19-15-20(31)26-22-21-17(5-4-6-18(21)27-30(19)22)23(32)28-11-13-34-14-12-28/h4-6,15-16H,7-14H2,1-3H3,(H,26,31). The number of benzene rings is 1. The minimum absolute atomic E-state index is 0.0474. The molecule has 1 N–H and O–H groups in total. The number of ether oxygens (including phenoxy) is 2. The lowest BCUT2D eigenvalue weighted by Crippen LogP contribution is -2.41. The number of hydrogen-bond acceptors (Lipinski definition) is 6. The maximum absolute atomic E-state index is 13.3. The number of amides is 2. The summed E-state index contributed by atoms with van der Waals surface area (Å²) >= 11 is 0. The predicted molar refractivity (Wildman–Crippen MR) is 130 cm³/mol. The Morgan fingerprint density at radius 3 is 2.49 bits per heavy atom. The quantitative estimate of drug-likeness (QED) is 0.603. The largest absolute Gasteiger partial charge is 0.444 e. The highest BCUT2D eigenvalue weighted by Crippen LogP contribution is 2.31. The highest BCUT2D eigenvalue weighted by molar-refractivity contribution is 6.11. The first-order valence-corrected chi connectivity index (χ1v) is 12.1. The van der Waals surface area contributed by atoms with Gasteiger partial charge in [-0.3, -0.25) is 9.59 Å². The number of piperidine rings is 1. The van der Waals surface area contributed by atoms with Gasteiger partial charge in [0.15, 0.2) is 0 Å². The topological polar surface area (TPSA) is 109 Å². The van der Waals surface area contributed by atoms with Crippen molar-refractivity contribution < 1.29 is 19.1 Å². The van der Waals surface area contributed by atoms with Crippen LogP contribution < -0.4 is 5.56 Å². The predicted octanol–water partition coefficient (Wildman–Crippen LogP) is 2.76. The van der Waals surface area contributed by atoms with Gasteiger partial charge in [-0.15, -0.1) is 0 Å². The zero-order valence-corrected chi connectivity index (χ0v) is 20.4. The van der Waals surface area contributed by atoms with Crippen LogP contribution in [0.4, 0.5) is 4.79 Å². The molecule has 0 unspecified atom stereocenters. The van der Waals surface area contributed by atoms with Gasteiger partial charge in [-0.2, -0.15) is 5.10 Å². The molecule has 0 aliphatic carbocycles. The summed E-state index contributed by atoms with van der Waals surface area (Å²) in [6.07, 6.45) is 1.06. The summed E-state index contributed by atoms with van der Waals surface area (Å²) in [6, 6.07) is 7.04. The molecule has 2 saturated heterocycles. The monoisotopic (exact) mass is 481 g/mol. The summed E-state index contributed by atoms with van der Waals surface area (Å²) in [5.41, 5.74) is 1.70. The average Bonchev–Trinajstić information content (AvgIpc) is 3.21. The minimum atomic E-state index is -0.543. The molecule has 3 aromatic rings. The fourth-order valence-electron chi connectivity index (χ4n) is 4.88. The van der Waals surface area contributed by atoms with E-state index in [0.29, 0.717) is 74.3 Å². The van der Waals surface area contributed by atoms with Crippen molar-refractivity contribution in [1.82, 2.24) is 24.4 Å². The van der Waals surface area contributed by atoms with E-state index in [-0.39, 0.29) is 23.5 Å². The molecule has 1 aromatic carbocycles. The molecular formula is C25H31N5O5. The summed E-state index contributed by atoms with van der Waals surface area (Å²) in [5, 5.41) is 5.42. The first-order chi connectivity index (χ1) is 16.7. The Morgan fingerprint density at radius 1 is 1.09 bits per heavy atom. The fourth-order valence-corrected chi connectivity index (χ4v) is 4.88. The summed E-state index contributed by atoms with van der Waals surface area (Å²) in [4.78, 5) is 44.9. The molecule has 2 fully saturated rings. The average molecular weight is 482 g/mol. The first kappa shape index (κ1) is 23.3. The smallest absolute Gasteiger partial charge is 0.410 e. The van der Waals surface area contributed by atoms with Crippen LogP contribution in [-0.4, -0.2) is 81.4 Å². The van der Waals surface area contributed by atoms with Crippen LogP contribution >= 0.6 is 0 Å². The molecule has 35 heavy (non-hydrogen) atoms. The van der Waals surface area contributed by atoms with Gasteiger partial charge in [-0.05, 0) is 45.7 Å². The lowest BCUT2D eigenvalue weighted by Gasteiger charge is -2.33. The third-order valence-corrected chi connectivity index (χ3v) is 6.56. The van der Waals surface area contributed by atoms with Gasteiger partial charge in [0.2, 0.25) is 0 Å². The Kier molecular flexibility index (Phi) is 6.00. The van der Waals surface area contributed by atoms with Crippen LogP contribution in [0.15, 0.2) is 29.1 Å². The zero-order chi connectivity index (χ0) is 24.7. The third-order valence-electron chi connectivity index (χ3n) is 6.56. The molecule has 0 radical (unpaired) electrons. The van der Waals surface area contributed by atoms with E-state index in [1.807, 2.05) is 32.9 Å². The number of nitrogens with one attached hydrogen (secondary N) is 1. The Hall–Kier alpha value is -3.40. The molecule has 4 heterocycles. The van der Waals surface area contributed by atoms with E-state index in [4.69, 9.17) is 14.6 Å². The zero-order valence-electron chi connectivity index (χ0n) is 20.4. The molecule has 2 aliphatic rings. The minimum Gasteiger partial charge on any atom is -0.444 e. The van der Waals surface area contributed by atoms with E-state index in [0.717, 1.165) is 5.69 Å². The molecule has 5 rings (SSSR count). The van der Waals surface area contributed by atoms with E-state index >= 15 is 0 Å². The van der Waals surface area contributed by atoms with E-state index in [1.54, 1.807) is 26.4 Å². The first-order valence-electron chi connectivity index (χ1n) is 12.1. The van der Waals surface area contributed by atoms with E-state index in [2.05, 4.69) is 4.98 Å². The van der Waals surface area contributed by atoms with Crippen LogP contribution in [0.5, 0.6) is 0 Å². The van der Waals surface area contributed by atoms with Gasteiger partial charge in [-0.1, -0.05) is 6.07 Å². The molecule has 2 aliphatic heterocycles.